The fourth-order valence-electron chi connectivity index (χ4n) is 4.14. The lowest BCUT2D eigenvalue weighted by molar-refractivity contribution is -0.132. The molecule has 0 spiro atoms. The summed E-state index contributed by atoms with van der Waals surface area (Å²) in [6.07, 6.45) is 6.01. The van der Waals surface area contributed by atoms with E-state index in [1.54, 1.807) is 30.3 Å². The molecule has 1 saturated heterocycles. The van der Waals surface area contributed by atoms with Gasteiger partial charge >= 0.3 is 6.03 Å². The van der Waals surface area contributed by atoms with Crippen LogP contribution in [0.15, 0.2) is 52.5 Å². The molecule has 0 bridgehead atoms. The van der Waals surface area contributed by atoms with Crippen LogP contribution in [-0.4, -0.2) is 28.8 Å². The third-order valence-electron chi connectivity index (χ3n) is 5.86. The van der Waals surface area contributed by atoms with Crippen molar-refractivity contribution < 1.29 is 19.1 Å². The molecule has 4 amide bonds. The largest absolute Gasteiger partial charge is 0.488 e. The summed E-state index contributed by atoms with van der Waals surface area (Å²) >= 11 is 3.47. The van der Waals surface area contributed by atoms with E-state index < -0.39 is 17.8 Å². The monoisotopic (exact) mass is 507 g/mol. The number of urea groups is 1. The SMILES string of the molecule is N#Cc1ccccc1COc1ccc(C=C2C(=O)NC(=O)N(C3CCCCC3)C2=O)cc1Br. The van der Waals surface area contributed by atoms with Crippen LogP contribution < -0.4 is 10.1 Å². The third-order valence-corrected chi connectivity index (χ3v) is 6.48. The minimum atomic E-state index is -0.693. The first-order chi connectivity index (χ1) is 16.0. The van der Waals surface area contributed by atoms with E-state index in [1.165, 1.54) is 11.0 Å². The number of hydrogen-bond donors (Lipinski definition) is 1. The van der Waals surface area contributed by atoms with Gasteiger partial charge in [-0.2, -0.15) is 5.26 Å². The van der Waals surface area contributed by atoms with Crippen LogP contribution >= 0.6 is 15.9 Å². The van der Waals surface area contributed by atoms with Crippen LogP contribution in [0.1, 0.15) is 48.8 Å². The maximum absolute atomic E-state index is 13.0. The number of ether oxygens (including phenoxy) is 1. The maximum atomic E-state index is 13.0. The van der Waals surface area contributed by atoms with Crippen LogP contribution in [0.3, 0.4) is 0 Å². The van der Waals surface area contributed by atoms with Crippen molar-refractivity contribution >= 4 is 39.9 Å². The molecule has 2 aromatic rings. The Hall–Kier alpha value is -3.44. The molecule has 1 saturated carbocycles. The molecule has 1 heterocycles. The summed E-state index contributed by atoms with van der Waals surface area (Å²) in [5, 5.41) is 11.5. The smallest absolute Gasteiger partial charge is 0.331 e. The van der Waals surface area contributed by atoms with E-state index in [9.17, 15) is 19.6 Å². The summed E-state index contributed by atoms with van der Waals surface area (Å²) in [4.78, 5) is 39.0. The van der Waals surface area contributed by atoms with Gasteiger partial charge in [-0.3, -0.25) is 19.8 Å². The highest BCUT2D eigenvalue weighted by Gasteiger charge is 2.40. The molecule has 1 aliphatic carbocycles. The van der Waals surface area contributed by atoms with Gasteiger partial charge in [0.1, 0.15) is 17.9 Å². The topological polar surface area (TPSA) is 99.5 Å². The van der Waals surface area contributed by atoms with Crippen molar-refractivity contribution in [3.05, 3.63) is 69.2 Å². The van der Waals surface area contributed by atoms with E-state index in [2.05, 4.69) is 27.3 Å². The Balaban J connectivity index is 1.52. The molecule has 0 unspecified atom stereocenters. The second-order valence-electron chi connectivity index (χ2n) is 8.03. The van der Waals surface area contributed by atoms with Gasteiger partial charge in [0.25, 0.3) is 11.8 Å². The maximum Gasteiger partial charge on any atom is 0.331 e. The van der Waals surface area contributed by atoms with Crippen LogP contribution in [0.4, 0.5) is 4.79 Å². The molecule has 0 aromatic heterocycles. The van der Waals surface area contributed by atoms with E-state index in [1.807, 2.05) is 12.1 Å². The quantitative estimate of drug-likeness (QED) is 0.467. The minimum absolute atomic E-state index is 0.0660. The summed E-state index contributed by atoms with van der Waals surface area (Å²) in [6.45, 7) is 0.224. The van der Waals surface area contributed by atoms with Gasteiger partial charge < -0.3 is 4.74 Å². The number of hydrogen-bond acceptors (Lipinski definition) is 5. The van der Waals surface area contributed by atoms with Gasteiger partial charge in [-0.05, 0) is 58.6 Å². The van der Waals surface area contributed by atoms with Crippen molar-refractivity contribution in [2.45, 2.75) is 44.8 Å². The first-order valence-electron chi connectivity index (χ1n) is 10.8. The van der Waals surface area contributed by atoms with Crippen LogP contribution in [0.2, 0.25) is 0 Å². The minimum Gasteiger partial charge on any atom is -0.488 e. The average Bonchev–Trinajstić information content (AvgIpc) is 2.82. The van der Waals surface area contributed by atoms with Crippen LogP contribution in [0, 0.1) is 11.3 Å². The number of nitrogens with one attached hydrogen (secondary N) is 1. The summed E-state index contributed by atoms with van der Waals surface area (Å²) in [7, 11) is 0. The summed E-state index contributed by atoms with van der Waals surface area (Å²) in [6, 6.07) is 13.7. The zero-order chi connectivity index (χ0) is 23.4. The lowest BCUT2D eigenvalue weighted by atomic mass is 9.93. The number of carbonyl (C=O) groups excluding carboxylic acids is 3. The van der Waals surface area contributed by atoms with Crippen LogP contribution in [0.5, 0.6) is 5.75 Å². The lowest BCUT2D eigenvalue weighted by Crippen LogP contribution is -2.58. The number of nitrogens with zero attached hydrogens (tertiary/aromatic N) is 2. The van der Waals surface area contributed by atoms with E-state index in [0.717, 1.165) is 37.7 Å². The fourth-order valence-corrected chi connectivity index (χ4v) is 4.65. The first kappa shape index (κ1) is 22.7. The van der Waals surface area contributed by atoms with Crippen molar-refractivity contribution in [3.63, 3.8) is 0 Å². The van der Waals surface area contributed by atoms with Gasteiger partial charge in [-0.15, -0.1) is 0 Å². The molecule has 4 rings (SSSR count). The van der Waals surface area contributed by atoms with Gasteiger partial charge in [0.05, 0.1) is 16.1 Å². The highest BCUT2D eigenvalue weighted by atomic mass is 79.9. The Morgan fingerprint density at radius 1 is 1.12 bits per heavy atom. The number of nitriles is 1. The first-order valence-corrected chi connectivity index (χ1v) is 11.6. The molecule has 7 nitrogen and oxygen atoms in total. The summed E-state index contributed by atoms with van der Waals surface area (Å²) < 4.78 is 6.48. The molecule has 168 valence electrons. The van der Waals surface area contributed by atoms with Gasteiger partial charge in [0, 0.05) is 11.6 Å². The van der Waals surface area contributed by atoms with Crippen molar-refractivity contribution in [2.75, 3.05) is 0 Å². The Labute approximate surface area is 200 Å². The summed E-state index contributed by atoms with van der Waals surface area (Å²) in [5.41, 5.74) is 1.87. The normalized spacial score (nSPS) is 18.2. The van der Waals surface area contributed by atoms with Crippen molar-refractivity contribution in [2.24, 2.45) is 0 Å². The summed E-state index contributed by atoms with van der Waals surface area (Å²) in [5.74, 6) is -0.690. The highest BCUT2D eigenvalue weighted by Crippen LogP contribution is 2.30. The van der Waals surface area contributed by atoms with Gasteiger partial charge in [0.15, 0.2) is 0 Å². The number of halogens is 1. The number of benzene rings is 2. The molecule has 33 heavy (non-hydrogen) atoms. The molecular weight excluding hydrogens is 486 g/mol. The standard InChI is InChI=1S/C25H22BrN3O4/c26-21-13-16(10-11-22(21)33-15-18-7-5-4-6-17(18)14-27)12-20-23(30)28-25(32)29(24(20)31)19-8-2-1-3-9-19/h4-7,10-13,19H,1-3,8-9,15H2,(H,28,30,32). The molecule has 2 aromatic carbocycles. The zero-order valence-corrected chi connectivity index (χ0v) is 19.4. The molecule has 0 radical (unpaired) electrons. The lowest BCUT2D eigenvalue weighted by Gasteiger charge is -2.35. The van der Waals surface area contributed by atoms with Crippen molar-refractivity contribution in [1.82, 2.24) is 10.2 Å². The van der Waals surface area contributed by atoms with Gasteiger partial charge in [0.2, 0.25) is 0 Å². The third kappa shape index (κ3) is 4.99. The second kappa shape index (κ2) is 10.0. The molecule has 1 aliphatic heterocycles. The molecule has 8 heteroatoms. The number of barbiturate groups is 1. The Morgan fingerprint density at radius 2 is 1.88 bits per heavy atom. The van der Waals surface area contributed by atoms with Gasteiger partial charge in [-0.1, -0.05) is 43.5 Å². The molecule has 2 aliphatic rings. The predicted octanol–water partition coefficient (Wildman–Crippen LogP) is 4.69. The highest BCUT2D eigenvalue weighted by molar-refractivity contribution is 9.10. The number of rotatable bonds is 5. The Bertz CT molecular complexity index is 1180. The average molecular weight is 508 g/mol. The molecular formula is C25H22BrN3O4. The molecule has 2 fully saturated rings. The number of imide groups is 2. The Morgan fingerprint density at radius 3 is 2.61 bits per heavy atom. The second-order valence-corrected chi connectivity index (χ2v) is 8.89. The molecule has 0 atom stereocenters. The van der Waals surface area contributed by atoms with Crippen molar-refractivity contribution in [3.8, 4) is 11.8 Å². The van der Waals surface area contributed by atoms with E-state index in [4.69, 9.17) is 4.74 Å². The van der Waals surface area contributed by atoms with Crippen LogP contribution in [-0.2, 0) is 16.2 Å². The van der Waals surface area contributed by atoms with Gasteiger partial charge in [-0.25, -0.2) is 4.79 Å². The van der Waals surface area contributed by atoms with Crippen molar-refractivity contribution in [1.29, 1.82) is 5.26 Å². The zero-order valence-electron chi connectivity index (χ0n) is 17.8. The number of amides is 4. The fraction of sp³-hybridized carbons (Fsp3) is 0.280. The van der Waals surface area contributed by atoms with Crippen LogP contribution in [0.25, 0.3) is 6.08 Å². The predicted molar refractivity (Wildman–Crippen MR) is 125 cm³/mol. The Kier molecular flexibility index (Phi) is 6.90. The molecule has 1 N–H and O–H groups in total. The van der Waals surface area contributed by atoms with E-state index in [-0.39, 0.29) is 18.2 Å². The van der Waals surface area contributed by atoms with E-state index in [0.29, 0.717) is 21.3 Å². The van der Waals surface area contributed by atoms with E-state index >= 15 is 0 Å². The number of carbonyl (C=O) groups is 3.